The quantitative estimate of drug-likeness (QED) is 0.314. The fourth-order valence-electron chi connectivity index (χ4n) is 1.65. The summed E-state index contributed by atoms with van der Waals surface area (Å²) in [4.78, 5) is 15.5. The van der Waals surface area contributed by atoms with Gasteiger partial charge in [-0.05, 0) is 0 Å². The van der Waals surface area contributed by atoms with Gasteiger partial charge in [0.05, 0.1) is 0 Å². The number of halogens is 3. The normalized spacial score (nSPS) is 8.71. The zero-order valence-corrected chi connectivity index (χ0v) is 18.2. The average Bonchev–Trinajstić information content (AvgIpc) is 3.14. The molecule has 1 heterocycles. The summed E-state index contributed by atoms with van der Waals surface area (Å²) in [5, 5.41) is 6.13. The maximum absolute atomic E-state index is 11.7. The van der Waals surface area contributed by atoms with Crippen LogP contribution in [0.1, 0.15) is 11.4 Å². The first-order valence-electron chi connectivity index (χ1n) is 6.92. The monoisotopic (exact) mass is 605 g/mol. The first-order valence-corrected chi connectivity index (χ1v) is 6.92. The molecule has 1 aromatic heterocycles. The van der Waals surface area contributed by atoms with Crippen LogP contribution in [0.2, 0.25) is 0 Å². The van der Waals surface area contributed by atoms with E-state index in [2.05, 4.69) is 35.9 Å². The molecule has 0 unspecified atom stereocenters. The van der Waals surface area contributed by atoms with Crippen molar-refractivity contribution in [1.82, 2.24) is 10.2 Å². The molecule has 0 saturated heterocycles. The largest absolute Gasteiger partial charge is 0.579 e. The molecule has 3 rings (SSSR count). The first kappa shape index (κ1) is 30.7. The van der Waals surface area contributed by atoms with Crippen LogP contribution in [0.15, 0.2) is 54.6 Å². The first-order chi connectivity index (χ1) is 12.5. The Bertz CT molecular complexity index is 702. The summed E-state index contributed by atoms with van der Waals surface area (Å²) < 4.78 is 35.1. The summed E-state index contributed by atoms with van der Waals surface area (Å²) in [6.45, 7) is 7.96. The van der Waals surface area contributed by atoms with Crippen molar-refractivity contribution in [3.05, 3.63) is 78.1 Å². The van der Waals surface area contributed by atoms with Gasteiger partial charge in [-0.25, -0.2) is 11.1 Å². The SMILES string of the molecule is Cc1cc(C(F)(F)F)n[n-]1.[CH-]=O.[CH-]=O.[Co].[Re].[c-]1ccccc1-c1[c-]cccc1. The van der Waals surface area contributed by atoms with Crippen molar-refractivity contribution in [3.8, 4) is 11.1 Å². The van der Waals surface area contributed by atoms with Gasteiger partial charge >= 0.3 is 6.18 Å². The minimum Gasteiger partial charge on any atom is -0.579 e. The Kier molecular flexibility index (Phi) is 18.7. The van der Waals surface area contributed by atoms with E-state index in [1.165, 1.54) is 6.92 Å². The molecule has 28 heavy (non-hydrogen) atoms. The Morgan fingerprint density at radius 3 is 1.57 bits per heavy atom. The fraction of sp³-hybridized carbons (Fsp3) is 0.105. The second-order valence-corrected chi connectivity index (χ2v) is 4.42. The maximum atomic E-state index is 11.7. The van der Waals surface area contributed by atoms with E-state index in [4.69, 9.17) is 9.59 Å². The second kappa shape index (κ2) is 17.1. The zero-order valence-electron chi connectivity index (χ0n) is 14.4. The molecule has 0 aliphatic rings. The number of rotatable bonds is 1. The molecule has 0 aliphatic carbocycles. The van der Waals surface area contributed by atoms with E-state index in [0.717, 1.165) is 17.2 Å². The molecule has 0 atom stereocenters. The summed E-state index contributed by atoms with van der Waals surface area (Å²) >= 11 is 0. The maximum Gasteiger partial charge on any atom is 0.431 e. The summed E-state index contributed by atoms with van der Waals surface area (Å²) in [6.07, 6.45) is -4.36. The van der Waals surface area contributed by atoms with Crippen molar-refractivity contribution in [1.29, 1.82) is 0 Å². The molecular weight excluding hydrogens is 590 g/mol. The predicted octanol–water partition coefficient (Wildman–Crippen LogP) is 3.77. The van der Waals surface area contributed by atoms with Gasteiger partial charge in [-0.15, -0.1) is 17.8 Å². The summed E-state index contributed by atoms with van der Waals surface area (Å²) in [5.74, 6) is 0. The molecule has 0 aliphatic heterocycles. The number of carbonyl (C=O) groups excluding carboxylic acids is 2. The molecule has 0 fully saturated rings. The molecule has 0 amide bonds. The Morgan fingerprint density at radius 2 is 1.36 bits per heavy atom. The van der Waals surface area contributed by atoms with E-state index in [0.29, 0.717) is 0 Å². The van der Waals surface area contributed by atoms with Crippen LogP contribution in [0.3, 0.4) is 0 Å². The molecule has 3 aromatic rings. The van der Waals surface area contributed by atoms with Gasteiger partial charge < -0.3 is 19.8 Å². The fourth-order valence-corrected chi connectivity index (χ4v) is 1.65. The van der Waals surface area contributed by atoms with Gasteiger partial charge in [0, 0.05) is 37.2 Å². The second-order valence-electron chi connectivity index (χ2n) is 4.42. The van der Waals surface area contributed by atoms with Crippen molar-refractivity contribution in [2.45, 2.75) is 13.1 Å². The Balaban J connectivity index is -0.000000361. The standard InChI is InChI=1S/C12H8.C5H4F3N2.2CHO.Co.Re/c1-3-7-11(8-4-1)12-9-5-2-6-10-12;1-3-2-4(10-9-3)5(6,7)8;2*1-2;;/h1-7,9H;2H,1H3;2*1H;;/q-2;3*-1;;. The molecule has 0 saturated carbocycles. The Labute approximate surface area is 185 Å². The number of aryl methyl sites for hydroxylation is 1. The molecule has 2 radical (unpaired) electrons. The van der Waals surface area contributed by atoms with Gasteiger partial charge in [-0.1, -0.05) is 13.0 Å². The molecule has 0 N–H and O–H groups in total. The van der Waals surface area contributed by atoms with E-state index in [1.54, 1.807) is 0 Å². The third kappa shape index (κ3) is 11.6. The van der Waals surface area contributed by atoms with Crippen LogP contribution in [-0.4, -0.2) is 18.7 Å². The minimum absolute atomic E-state index is 0. The Hall–Kier alpha value is -2.05. The smallest absolute Gasteiger partial charge is 0.431 e. The third-order valence-corrected chi connectivity index (χ3v) is 2.66. The van der Waals surface area contributed by atoms with Gasteiger partial charge in [-0.2, -0.15) is 61.7 Å². The third-order valence-electron chi connectivity index (χ3n) is 2.66. The van der Waals surface area contributed by atoms with Gasteiger partial charge in [0.15, 0.2) is 0 Å². The van der Waals surface area contributed by atoms with E-state index < -0.39 is 11.9 Å². The van der Waals surface area contributed by atoms with E-state index in [-0.39, 0.29) is 42.9 Å². The Morgan fingerprint density at radius 1 is 0.929 bits per heavy atom. The molecular formula is C19H14CoF3N2O2Re-5. The van der Waals surface area contributed by atoms with Crippen LogP contribution in [0.25, 0.3) is 11.1 Å². The number of hydrogen-bond donors (Lipinski definition) is 0. The predicted molar refractivity (Wildman–Crippen MR) is 90.3 cm³/mol. The number of alkyl halides is 3. The van der Waals surface area contributed by atoms with Gasteiger partial charge in [0.2, 0.25) is 0 Å². The number of benzene rings is 2. The van der Waals surface area contributed by atoms with Crippen LogP contribution in [-0.2, 0) is 53.0 Å². The zero-order chi connectivity index (χ0) is 20.0. The van der Waals surface area contributed by atoms with Crippen LogP contribution >= 0.6 is 0 Å². The van der Waals surface area contributed by atoms with Crippen LogP contribution in [0.4, 0.5) is 13.2 Å². The van der Waals surface area contributed by atoms with Crippen LogP contribution in [0, 0.1) is 19.1 Å². The van der Waals surface area contributed by atoms with Crippen LogP contribution in [0.5, 0.6) is 0 Å². The summed E-state index contributed by atoms with van der Waals surface area (Å²) in [7, 11) is 0. The van der Waals surface area contributed by atoms with Crippen molar-refractivity contribution < 1.29 is 60.0 Å². The summed E-state index contributed by atoms with van der Waals surface area (Å²) in [5.41, 5.74) is 1.55. The minimum atomic E-state index is -4.36. The molecule has 9 heteroatoms. The van der Waals surface area contributed by atoms with Crippen LogP contribution < -0.4 is 5.10 Å². The molecule has 4 nitrogen and oxygen atoms in total. The van der Waals surface area contributed by atoms with E-state index in [9.17, 15) is 13.2 Å². The van der Waals surface area contributed by atoms with Gasteiger partial charge in [-0.3, -0.25) is 13.6 Å². The van der Waals surface area contributed by atoms with Crippen molar-refractivity contribution >= 4 is 13.6 Å². The van der Waals surface area contributed by atoms with Crippen molar-refractivity contribution in [2.75, 3.05) is 0 Å². The topological polar surface area (TPSA) is 61.1 Å². The van der Waals surface area contributed by atoms with Gasteiger partial charge in [0.25, 0.3) is 0 Å². The van der Waals surface area contributed by atoms with E-state index in [1.807, 2.05) is 48.5 Å². The summed E-state index contributed by atoms with van der Waals surface area (Å²) in [6, 6.07) is 23.0. The average molecular weight is 604 g/mol. The number of nitrogens with zero attached hydrogens (tertiary/aromatic N) is 2. The van der Waals surface area contributed by atoms with E-state index >= 15 is 0 Å². The molecule has 154 valence electrons. The molecule has 0 bridgehead atoms. The van der Waals surface area contributed by atoms with Crippen molar-refractivity contribution in [2.24, 2.45) is 0 Å². The van der Waals surface area contributed by atoms with Crippen molar-refractivity contribution in [3.63, 3.8) is 0 Å². The number of hydrogen-bond acceptors (Lipinski definition) is 3. The van der Waals surface area contributed by atoms with Gasteiger partial charge in [0.1, 0.15) is 5.69 Å². The molecule has 2 aromatic carbocycles. The molecule has 0 spiro atoms. The number of aromatic nitrogens is 2.